The SMILES string of the molecule is CS(=O)(=O)Nc1nnc(C2CCCNC2)s1. The highest BCUT2D eigenvalue weighted by atomic mass is 32.2. The highest BCUT2D eigenvalue weighted by molar-refractivity contribution is 7.92. The number of aromatic nitrogens is 2. The summed E-state index contributed by atoms with van der Waals surface area (Å²) < 4.78 is 24.3. The van der Waals surface area contributed by atoms with Gasteiger partial charge in [0.1, 0.15) is 5.01 Å². The Hall–Kier alpha value is -0.730. The van der Waals surface area contributed by atoms with Crippen LogP contribution in [0.5, 0.6) is 0 Å². The van der Waals surface area contributed by atoms with E-state index in [0.29, 0.717) is 11.0 Å². The van der Waals surface area contributed by atoms with Crippen molar-refractivity contribution in [2.45, 2.75) is 18.8 Å². The van der Waals surface area contributed by atoms with Gasteiger partial charge in [0.2, 0.25) is 15.2 Å². The first-order valence-electron chi connectivity index (χ1n) is 5.06. The molecule has 1 aromatic rings. The summed E-state index contributed by atoms with van der Waals surface area (Å²) in [5.74, 6) is 0.362. The zero-order valence-corrected chi connectivity index (χ0v) is 10.6. The predicted molar refractivity (Wildman–Crippen MR) is 63.2 cm³/mol. The van der Waals surface area contributed by atoms with E-state index in [4.69, 9.17) is 0 Å². The van der Waals surface area contributed by atoms with Crippen molar-refractivity contribution >= 4 is 26.5 Å². The summed E-state index contributed by atoms with van der Waals surface area (Å²) >= 11 is 1.31. The maximum Gasteiger partial charge on any atom is 0.231 e. The Kier molecular flexibility index (Phi) is 3.41. The molecule has 1 unspecified atom stereocenters. The van der Waals surface area contributed by atoms with Gasteiger partial charge in [-0.3, -0.25) is 4.72 Å². The van der Waals surface area contributed by atoms with Crippen LogP contribution in [0.15, 0.2) is 0 Å². The molecule has 2 N–H and O–H groups in total. The van der Waals surface area contributed by atoms with Crippen LogP contribution in [0.3, 0.4) is 0 Å². The third kappa shape index (κ3) is 3.13. The van der Waals surface area contributed by atoms with Crippen molar-refractivity contribution in [3.63, 3.8) is 0 Å². The number of hydrogen-bond acceptors (Lipinski definition) is 6. The van der Waals surface area contributed by atoms with Gasteiger partial charge in [0, 0.05) is 12.5 Å². The lowest BCUT2D eigenvalue weighted by molar-refractivity contribution is 0.458. The quantitative estimate of drug-likeness (QED) is 0.822. The molecule has 1 aliphatic heterocycles. The third-order valence-electron chi connectivity index (χ3n) is 2.36. The molecule has 0 spiro atoms. The summed E-state index contributed by atoms with van der Waals surface area (Å²) in [5.41, 5.74) is 0. The van der Waals surface area contributed by atoms with Crippen molar-refractivity contribution in [1.29, 1.82) is 0 Å². The zero-order valence-electron chi connectivity index (χ0n) is 8.93. The number of hydrogen-bond donors (Lipinski definition) is 2. The molecule has 0 saturated carbocycles. The molecule has 0 aliphatic carbocycles. The average Bonchev–Trinajstić information content (AvgIpc) is 2.65. The lowest BCUT2D eigenvalue weighted by Crippen LogP contribution is -2.28. The minimum absolute atomic E-state index is 0.350. The molecular formula is C8H14N4O2S2. The van der Waals surface area contributed by atoms with Crippen molar-refractivity contribution in [1.82, 2.24) is 15.5 Å². The molecule has 1 atom stereocenters. The minimum atomic E-state index is -3.25. The molecule has 0 bridgehead atoms. The summed E-state index contributed by atoms with van der Waals surface area (Å²) in [6.45, 7) is 1.94. The van der Waals surface area contributed by atoms with Crippen LogP contribution >= 0.6 is 11.3 Å². The van der Waals surface area contributed by atoms with E-state index in [9.17, 15) is 8.42 Å². The monoisotopic (exact) mass is 262 g/mol. The van der Waals surface area contributed by atoms with Crippen molar-refractivity contribution in [2.24, 2.45) is 0 Å². The highest BCUT2D eigenvalue weighted by Crippen LogP contribution is 2.28. The summed E-state index contributed by atoms with van der Waals surface area (Å²) in [6.07, 6.45) is 3.32. The molecule has 1 fully saturated rings. The molecule has 1 aliphatic rings. The van der Waals surface area contributed by atoms with Crippen molar-refractivity contribution < 1.29 is 8.42 Å². The van der Waals surface area contributed by atoms with Crippen LogP contribution in [0.2, 0.25) is 0 Å². The maximum atomic E-state index is 11.0. The number of sulfonamides is 1. The predicted octanol–water partition coefficient (Wildman–Crippen LogP) is 0.377. The second-order valence-electron chi connectivity index (χ2n) is 3.86. The van der Waals surface area contributed by atoms with Crippen LogP contribution in [-0.2, 0) is 10.0 Å². The fourth-order valence-corrected chi connectivity index (χ4v) is 3.37. The van der Waals surface area contributed by atoms with E-state index in [1.54, 1.807) is 0 Å². The number of nitrogens with zero attached hydrogens (tertiary/aromatic N) is 2. The molecule has 2 heterocycles. The molecule has 16 heavy (non-hydrogen) atoms. The van der Waals surface area contributed by atoms with Gasteiger partial charge in [0.05, 0.1) is 6.26 Å². The van der Waals surface area contributed by atoms with Crippen molar-refractivity contribution in [3.8, 4) is 0 Å². The van der Waals surface area contributed by atoms with Gasteiger partial charge < -0.3 is 5.32 Å². The molecule has 0 radical (unpaired) electrons. The summed E-state index contributed by atoms with van der Waals surface area (Å²) in [6, 6.07) is 0. The first kappa shape index (κ1) is 11.7. The largest absolute Gasteiger partial charge is 0.316 e. The van der Waals surface area contributed by atoms with Gasteiger partial charge in [-0.1, -0.05) is 11.3 Å². The highest BCUT2D eigenvalue weighted by Gasteiger charge is 2.20. The Morgan fingerprint density at radius 2 is 2.31 bits per heavy atom. The van der Waals surface area contributed by atoms with E-state index in [1.165, 1.54) is 11.3 Å². The molecule has 1 saturated heterocycles. The molecule has 6 nitrogen and oxygen atoms in total. The number of nitrogens with one attached hydrogen (secondary N) is 2. The standard InChI is InChI=1S/C8H14N4O2S2/c1-16(13,14)12-8-11-10-7(15-8)6-3-2-4-9-5-6/h6,9H,2-5H2,1H3,(H,11,12). The van der Waals surface area contributed by atoms with Crippen LogP contribution in [0.25, 0.3) is 0 Å². The Bertz CT molecular complexity index is 450. The number of anilines is 1. The Morgan fingerprint density at radius 3 is 2.94 bits per heavy atom. The summed E-state index contributed by atoms with van der Waals surface area (Å²) in [7, 11) is -3.25. The molecular weight excluding hydrogens is 248 g/mol. The second kappa shape index (κ2) is 4.64. The minimum Gasteiger partial charge on any atom is -0.316 e. The van der Waals surface area contributed by atoms with Crippen LogP contribution < -0.4 is 10.0 Å². The maximum absolute atomic E-state index is 11.0. The van der Waals surface area contributed by atoms with Gasteiger partial charge in [-0.25, -0.2) is 8.42 Å². The molecule has 90 valence electrons. The van der Waals surface area contributed by atoms with Gasteiger partial charge >= 0.3 is 0 Å². The van der Waals surface area contributed by atoms with Gasteiger partial charge in [-0.2, -0.15) is 0 Å². The summed E-state index contributed by atoms with van der Waals surface area (Å²) in [5, 5.41) is 12.4. The molecule has 2 rings (SSSR count). The topological polar surface area (TPSA) is 84.0 Å². The lowest BCUT2D eigenvalue weighted by Gasteiger charge is -2.19. The third-order valence-corrected chi connectivity index (χ3v) is 4.05. The normalized spacial score (nSPS) is 21.9. The Balaban J connectivity index is 2.06. The lowest BCUT2D eigenvalue weighted by atomic mass is 10.0. The van der Waals surface area contributed by atoms with Crippen LogP contribution in [0.1, 0.15) is 23.8 Å². The van der Waals surface area contributed by atoms with E-state index in [2.05, 4.69) is 20.2 Å². The molecule has 0 aromatic carbocycles. The van der Waals surface area contributed by atoms with E-state index >= 15 is 0 Å². The van der Waals surface area contributed by atoms with E-state index in [1.807, 2.05) is 0 Å². The summed E-state index contributed by atoms with van der Waals surface area (Å²) in [4.78, 5) is 0. The average molecular weight is 262 g/mol. The van der Waals surface area contributed by atoms with E-state index in [-0.39, 0.29) is 0 Å². The number of rotatable bonds is 3. The van der Waals surface area contributed by atoms with Crippen LogP contribution in [-0.4, -0.2) is 38.0 Å². The molecule has 1 aromatic heterocycles. The van der Waals surface area contributed by atoms with Gasteiger partial charge in [-0.05, 0) is 19.4 Å². The Morgan fingerprint density at radius 1 is 1.50 bits per heavy atom. The smallest absolute Gasteiger partial charge is 0.231 e. The van der Waals surface area contributed by atoms with Crippen molar-refractivity contribution in [3.05, 3.63) is 5.01 Å². The zero-order chi connectivity index (χ0) is 11.6. The molecule has 0 amide bonds. The van der Waals surface area contributed by atoms with Gasteiger partial charge in [-0.15, -0.1) is 10.2 Å². The van der Waals surface area contributed by atoms with Crippen LogP contribution in [0, 0.1) is 0 Å². The van der Waals surface area contributed by atoms with E-state index in [0.717, 1.165) is 37.2 Å². The molecule has 8 heteroatoms. The van der Waals surface area contributed by atoms with Crippen LogP contribution in [0.4, 0.5) is 5.13 Å². The van der Waals surface area contributed by atoms with Crippen molar-refractivity contribution in [2.75, 3.05) is 24.1 Å². The van der Waals surface area contributed by atoms with Gasteiger partial charge in [0.15, 0.2) is 0 Å². The van der Waals surface area contributed by atoms with E-state index < -0.39 is 10.0 Å². The fraction of sp³-hybridized carbons (Fsp3) is 0.750. The first-order valence-corrected chi connectivity index (χ1v) is 7.77. The Labute approximate surface area is 98.5 Å². The van der Waals surface area contributed by atoms with Gasteiger partial charge in [0.25, 0.3) is 0 Å². The second-order valence-corrected chi connectivity index (χ2v) is 6.62. The fourth-order valence-electron chi connectivity index (χ4n) is 1.66. The number of piperidine rings is 1. The first-order chi connectivity index (χ1) is 7.54.